The minimum atomic E-state index is -1.13. The SMILES string of the molecule is C=C1C=CC(=O)N1CC(CN1C(=C)C=CC1=O)OCC(=O)O. The van der Waals surface area contributed by atoms with Gasteiger partial charge in [0.1, 0.15) is 6.61 Å². The number of allylic oxidation sites excluding steroid dienone is 2. The summed E-state index contributed by atoms with van der Waals surface area (Å²) < 4.78 is 5.30. The molecule has 0 aliphatic carbocycles. The number of amides is 2. The topological polar surface area (TPSA) is 87.2 Å². The number of rotatable bonds is 7. The molecule has 7 heteroatoms. The van der Waals surface area contributed by atoms with E-state index in [0.717, 1.165) is 0 Å². The van der Waals surface area contributed by atoms with Crippen molar-refractivity contribution in [2.75, 3.05) is 19.7 Å². The van der Waals surface area contributed by atoms with Gasteiger partial charge in [0.2, 0.25) is 0 Å². The third-order valence-electron chi connectivity index (χ3n) is 3.28. The lowest BCUT2D eigenvalue weighted by Gasteiger charge is -2.28. The second-order valence-electron chi connectivity index (χ2n) is 4.87. The fraction of sp³-hybridized carbons (Fsp3) is 0.267. The number of ether oxygens (including phenoxy) is 1. The van der Waals surface area contributed by atoms with Crippen molar-refractivity contribution in [3.63, 3.8) is 0 Å². The van der Waals surface area contributed by atoms with Gasteiger partial charge in [0, 0.05) is 23.5 Å². The zero-order valence-corrected chi connectivity index (χ0v) is 11.9. The molecule has 0 spiro atoms. The van der Waals surface area contributed by atoms with Gasteiger partial charge in [0.25, 0.3) is 11.8 Å². The Kier molecular flexibility index (Phi) is 4.57. The molecule has 2 rings (SSSR count). The molecule has 22 heavy (non-hydrogen) atoms. The zero-order chi connectivity index (χ0) is 16.3. The minimum Gasteiger partial charge on any atom is -0.480 e. The molecular weight excluding hydrogens is 288 g/mol. The van der Waals surface area contributed by atoms with Gasteiger partial charge in [0.15, 0.2) is 0 Å². The van der Waals surface area contributed by atoms with Crippen LogP contribution in [0.1, 0.15) is 0 Å². The third-order valence-corrected chi connectivity index (χ3v) is 3.28. The molecule has 1 N–H and O–H groups in total. The molecule has 0 unspecified atom stereocenters. The van der Waals surface area contributed by atoms with Crippen molar-refractivity contribution in [3.8, 4) is 0 Å². The number of hydrogen-bond acceptors (Lipinski definition) is 4. The molecule has 2 aliphatic heterocycles. The maximum absolute atomic E-state index is 11.7. The van der Waals surface area contributed by atoms with Crippen molar-refractivity contribution in [1.82, 2.24) is 9.80 Å². The minimum absolute atomic E-state index is 0.106. The molecular formula is C15H16N2O5. The quantitative estimate of drug-likeness (QED) is 0.730. The van der Waals surface area contributed by atoms with E-state index in [1.807, 2.05) is 0 Å². The fourth-order valence-electron chi connectivity index (χ4n) is 2.15. The van der Waals surface area contributed by atoms with E-state index >= 15 is 0 Å². The highest BCUT2D eigenvalue weighted by atomic mass is 16.5. The highest BCUT2D eigenvalue weighted by Gasteiger charge is 2.28. The first-order valence-corrected chi connectivity index (χ1v) is 6.59. The Morgan fingerprint density at radius 1 is 1.05 bits per heavy atom. The fourth-order valence-corrected chi connectivity index (χ4v) is 2.15. The van der Waals surface area contributed by atoms with Crippen LogP contribution in [0.15, 0.2) is 48.9 Å². The molecule has 0 atom stereocenters. The van der Waals surface area contributed by atoms with Crippen LogP contribution in [-0.2, 0) is 19.1 Å². The Labute approximate surface area is 127 Å². The molecule has 0 fully saturated rings. The smallest absolute Gasteiger partial charge is 0.329 e. The van der Waals surface area contributed by atoms with Crippen molar-refractivity contribution in [2.45, 2.75) is 6.10 Å². The summed E-state index contributed by atoms with van der Waals surface area (Å²) in [4.78, 5) is 36.9. The van der Waals surface area contributed by atoms with Gasteiger partial charge in [-0.2, -0.15) is 0 Å². The van der Waals surface area contributed by atoms with E-state index in [-0.39, 0.29) is 24.9 Å². The summed E-state index contributed by atoms with van der Waals surface area (Å²) >= 11 is 0. The largest absolute Gasteiger partial charge is 0.480 e. The first kappa shape index (κ1) is 15.7. The van der Waals surface area contributed by atoms with Crippen molar-refractivity contribution in [3.05, 3.63) is 48.9 Å². The van der Waals surface area contributed by atoms with Gasteiger partial charge in [0.05, 0.1) is 19.2 Å². The molecule has 0 bridgehead atoms. The zero-order valence-electron chi connectivity index (χ0n) is 11.9. The molecule has 2 heterocycles. The van der Waals surface area contributed by atoms with E-state index in [4.69, 9.17) is 9.84 Å². The van der Waals surface area contributed by atoms with Gasteiger partial charge < -0.3 is 19.6 Å². The normalized spacial score (nSPS) is 17.5. The van der Waals surface area contributed by atoms with E-state index in [2.05, 4.69) is 13.2 Å². The average Bonchev–Trinajstić information content (AvgIpc) is 2.94. The first-order valence-electron chi connectivity index (χ1n) is 6.59. The number of nitrogens with zero attached hydrogens (tertiary/aromatic N) is 2. The summed E-state index contributed by atoms with van der Waals surface area (Å²) in [6, 6.07) is 0. The lowest BCUT2D eigenvalue weighted by molar-refractivity contribution is -0.145. The molecule has 0 aromatic heterocycles. The third kappa shape index (κ3) is 3.50. The van der Waals surface area contributed by atoms with Crippen LogP contribution in [0.5, 0.6) is 0 Å². The van der Waals surface area contributed by atoms with Crippen LogP contribution in [0.3, 0.4) is 0 Å². The Morgan fingerprint density at radius 3 is 1.82 bits per heavy atom. The van der Waals surface area contributed by atoms with Crippen molar-refractivity contribution >= 4 is 17.8 Å². The van der Waals surface area contributed by atoms with E-state index in [9.17, 15) is 14.4 Å². The van der Waals surface area contributed by atoms with E-state index in [1.165, 1.54) is 22.0 Å². The molecule has 2 amide bonds. The van der Waals surface area contributed by atoms with Crippen LogP contribution in [0.25, 0.3) is 0 Å². The lowest BCUT2D eigenvalue weighted by Crippen LogP contribution is -2.42. The number of carbonyl (C=O) groups excluding carboxylic acids is 2. The summed E-state index contributed by atoms with van der Waals surface area (Å²) in [7, 11) is 0. The summed E-state index contributed by atoms with van der Waals surface area (Å²) in [6.07, 6.45) is 5.21. The number of carbonyl (C=O) groups is 3. The predicted octanol–water partition coefficient (Wildman–Crippen LogP) is 0.280. The van der Waals surface area contributed by atoms with Crippen LogP contribution in [0, 0.1) is 0 Å². The van der Waals surface area contributed by atoms with Crippen LogP contribution < -0.4 is 0 Å². The Balaban J connectivity index is 2.04. The van der Waals surface area contributed by atoms with Crippen LogP contribution in [-0.4, -0.2) is 58.5 Å². The molecule has 7 nitrogen and oxygen atoms in total. The lowest BCUT2D eigenvalue weighted by atomic mass is 10.2. The highest BCUT2D eigenvalue weighted by molar-refractivity contribution is 5.93. The Hall–Kier alpha value is -2.67. The molecule has 2 aliphatic rings. The second-order valence-corrected chi connectivity index (χ2v) is 4.87. The molecule has 0 aromatic carbocycles. The molecule has 0 saturated carbocycles. The van der Waals surface area contributed by atoms with Gasteiger partial charge in [-0.05, 0) is 12.2 Å². The van der Waals surface area contributed by atoms with Gasteiger partial charge in [-0.1, -0.05) is 13.2 Å². The monoisotopic (exact) mass is 304 g/mol. The summed E-state index contributed by atoms with van der Waals surface area (Å²) in [5, 5.41) is 8.75. The number of carboxylic acid groups (broad SMARTS) is 1. The van der Waals surface area contributed by atoms with Gasteiger partial charge in [-0.15, -0.1) is 0 Å². The standard InChI is InChI=1S/C15H16N2O5/c1-10-3-5-13(18)16(10)7-12(22-9-15(20)21)8-17-11(2)4-6-14(17)19/h3-6,12H,1-2,7-9H2,(H,20,21). The molecule has 0 saturated heterocycles. The maximum Gasteiger partial charge on any atom is 0.329 e. The number of aliphatic carboxylic acids is 1. The molecule has 0 radical (unpaired) electrons. The Morgan fingerprint density at radius 2 is 1.50 bits per heavy atom. The summed E-state index contributed by atoms with van der Waals surface area (Å²) in [5.74, 6) is -1.63. The average molecular weight is 304 g/mol. The Bertz CT molecular complexity index is 525. The van der Waals surface area contributed by atoms with Gasteiger partial charge in [-0.25, -0.2) is 4.79 Å². The van der Waals surface area contributed by atoms with Crippen molar-refractivity contribution in [2.24, 2.45) is 0 Å². The van der Waals surface area contributed by atoms with E-state index < -0.39 is 18.7 Å². The number of carboxylic acids is 1. The van der Waals surface area contributed by atoms with Crippen LogP contribution >= 0.6 is 0 Å². The summed E-state index contributed by atoms with van der Waals surface area (Å²) in [6.45, 7) is 7.16. The second kappa shape index (κ2) is 6.40. The van der Waals surface area contributed by atoms with Gasteiger partial charge >= 0.3 is 5.97 Å². The highest BCUT2D eigenvalue weighted by Crippen LogP contribution is 2.18. The predicted molar refractivity (Wildman–Crippen MR) is 77.4 cm³/mol. The molecule has 116 valence electrons. The first-order chi connectivity index (χ1) is 10.4. The number of hydrogen-bond donors (Lipinski definition) is 1. The van der Waals surface area contributed by atoms with Crippen molar-refractivity contribution in [1.29, 1.82) is 0 Å². The maximum atomic E-state index is 11.7. The molecule has 0 aromatic rings. The van der Waals surface area contributed by atoms with Gasteiger partial charge in [-0.3, -0.25) is 9.59 Å². The van der Waals surface area contributed by atoms with Crippen LogP contribution in [0.4, 0.5) is 0 Å². The van der Waals surface area contributed by atoms with Crippen molar-refractivity contribution < 1.29 is 24.2 Å². The van der Waals surface area contributed by atoms with E-state index in [1.54, 1.807) is 12.2 Å². The van der Waals surface area contributed by atoms with Crippen LogP contribution in [0.2, 0.25) is 0 Å². The summed E-state index contributed by atoms with van der Waals surface area (Å²) in [5.41, 5.74) is 0.997. The van der Waals surface area contributed by atoms with E-state index in [0.29, 0.717) is 11.4 Å².